The molecule has 0 radical (unpaired) electrons. The molecule has 0 bridgehead atoms. The van der Waals surface area contributed by atoms with Crippen molar-refractivity contribution in [3.8, 4) is 0 Å². The molecule has 1 saturated heterocycles. The summed E-state index contributed by atoms with van der Waals surface area (Å²) in [6.07, 6.45) is 4.57. The van der Waals surface area contributed by atoms with Crippen molar-refractivity contribution in [1.29, 1.82) is 0 Å². The van der Waals surface area contributed by atoms with Gasteiger partial charge in [0.25, 0.3) is 0 Å². The number of rotatable bonds is 4. The van der Waals surface area contributed by atoms with Gasteiger partial charge in [-0.3, -0.25) is 4.90 Å². The molecular weight excluding hydrogens is 240 g/mol. The summed E-state index contributed by atoms with van der Waals surface area (Å²) in [6, 6.07) is 0. The molecule has 1 aromatic rings. The van der Waals surface area contributed by atoms with E-state index in [9.17, 15) is 5.11 Å². The Balaban J connectivity index is 1.86. The summed E-state index contributed by atoms with van der Waals surface area (Å²) in [5.41, 5.74) is 1.11. The number of likely N-dealkylation sites (tertiary alicyclic amines) is 1. The predicted molar refractivity (Wildman–Crippen MR) is 74.7 cm³/mol. The van der Waals surface area contributed by atoms with Crippen LogP contribution in [0.1, 0.15) is 17.8 Å². The Morgan fingerprint density at radius 2 is 2.05 bits per heavy atom. The molecular formula is C14H24N4O. The fourth-order valence-corrected chi connectivity index (χ4v) is 2.63. The van der Waals surface area contributed by atoms with Gasteiger partial charge in [0.05, 0.1) is 6.10 Å². The molecule has 0 amide bonds. The zero-order valence-corrected chi connectivity index (χ0v) is 12.1. The topological polar surface area (TPSA) is 52.5 Å². The van der Waals surface area contributed by atoms with Crippen LogP contribution in [0, 0.1) is 12.8 Å². The van der Waals surface area contributed by atoms with Crippen molar-refractivity contribution in [3.05, 3.63) is 23.8 Å². The number of hydrogen-bond donors (Lipinski definition) is 1. The van der Waals surface area contributed by atoms with Crippen LogP contribution in [0.3, 0.4) is 0 Å². The van der Waals surface area contributed by atoms with Gasteiger partial charge >= 0.3 is 0 Å². The number of piperidine rings is 1. The second kappa shape index (κ2) is 6.41. The van der Waals surface area contributed by atoms with E-state index in [0.717, 1.165) is 44.0 Å². The van der Waals surface area contributed by atoms with E-state index in [1.807, 2.05) is 19.3 Å². The number of hydrogen-bond acceptors (Lipinski definition) is 5. The molecule has 1 fully saturated rings. The summed E-state index contributed by atoms with van der Waals surface area (Å²) >= 11 is 0. The lowest BCUT2D eigenvalue weighted by Gasteiger charge is -2.37. The molecule has 0 saturated carbocycles. The molecule has 19 heavy (non-hydrogen) atoms. The lowest BCUT2D eigenvalue weighted by Crippen LogP contribution is -2.46. The highest BCUT2D eigenvalue weighted by molar-refractivity contribution is 5.05. The summed E-state index contributed by atoms with van der Waals surface area (Å²) in [4.78, 5) is 12.9. The van der Waals surface area contributed by atoms with Crippen LogP contribution in [0.5, 0.6) is 0 Å². The van der Waals surface area contributed by atoms with Gasteiger partial charge < -0.3 is 10.0 Å². The maximum atomic E-state index is 10.2. The molecule has 0 unspecified atom stereocenters. The second-order valence-electron chi connectivity index (χ2n) is 5.75. The van der Waals surface area contributed by atoms with Crippen LogP contribution in [0.25, 0.3) is 0 Å². The third kappa shape index (κ3) is 4.23. The van der Waals surface area contributed by atoms with Crippen molar-refractivity contribution < 1.29 is 5.11 Å². The number of β-amino-alcohol motifs (C(OH)–C–C–N with tert-alkyl or cyclic N) is 1. The summed E-state index contributed by atoms with van der Waals surface area (Å²) in [5, 5.41) is 10.2. The van der Waals surface area contributed by atoms with E-state index in [2.05, 4.69) is 33.9 Å². The van der Waals surface area contributed by atoms with E-state index in [4.69, 9.17) is 0 Å². The average Bonchev–Trinajstić information content (AvgIpc) is 2.35. The van der Waals surface area contributed by atoms with E-state index in [-0.39, 0.29) is 6.10 Å². The number of aromatic nitrogens is 2. The fourth-order valence-electron chi connectivity index (χ4n) is 2.63. The van der Waals surface area contributed by atoms with Gasteiger partial charge in [-0.1, -0.05) is 0 Å². The van der Waals surface area contributed by atoms with Gasteiger partial charge in [0, 0.05) is 37.6 Å². The minimum Gasteiger partial charge on any atom is -0.391 e. The minimum absolute atomic E-state index is 0.234. The largest absolute Gasteiger partial charge is 0.391 e. The van der Waals surface area contributed by atoms with Crippen LogP contribution < -0.4 is 0 Å². The van der Waals surface area contributed by atoms with Crippen LogP contribution in [0.15, 0.2) is 12.4 Å². The maximum absolute atomic E-state index is 10.2. The Kier molecular flexibility index (Phi) is 4.85. The molecule has 106 valence electrons. The molecule has 2 atom stereocenters. The van der Waals surface area contributed by atoms with Crippen molar-refractivity contribution in [2.75, 3.05) is 33.7 Å². The van der Waals surface area contributed by atoms with Crippen molar-refractivity contribution in [3.63, 3.8) is 0 Å². The van der Waals surface area contributed by atoms with Gasteiger partial charge in [-0.05, 0) is 39.9 Å². The summed E-state index contributed by atoms with van der Waals surface area (Å²) in [5.74, 6) is 1.19. The third-order valence-electron chi connectivity index (χ3n) is 3.65. The van der Waals surface area contributed by atoms with Gasteiger partial charge in [0.1, 0.15) is 5.82 Å². The maximum Gasteiger partial charge on any atom is 0.125 e. The van der Waals surface area contributed by atoms with Gasteiger partial charge in [-0.15, -0.1) is 0 Å². The standard InChI is InChI=1S/C14H24N4O/c1-11-15-6-12(7-16-11)8-18-5-4-13(9-17(2)3)14(19)10-18/h6-7,13-14,19H,4-5,8-10H2,1-3H3/t13-,14+/m0/s1. The van der Waals surface area contributed by atoms with Crippen LogP contribution in [-0.2, 0) is 6.54 Å². The van der Waals surface area contributed by atoms with Gasteiger partial charge in [0.2, 0.25) is 0 Å². The first-order valence-corrected chi connectivity index (χ1v) is 6.87. The molecule has 1 aromatic heterocycles. The first-order chi connectivity index (χ1) is 9.04. The smallest absolute Gasteiger partial charge is 0.125 e. The molecule has 0 aliphatic carbocycles. The Bertz CT molecular complexity index is 393. The number of aryl methyl sites for hydroxylation is 1. The number of aliphatic hydroxyl groups is 1. The molecule has 1 aliphatic heterocycles. The van der Waals surface area contributed by atoms with Gasteiger partial charge in [0.15, 0.2) is 0 Å². The zero-order chi connectivity index (χ0) is 13.8. The van der Waals surface area contributed by atoms with Crippen molar-refractivity contribution in [2.24, 2.45) is 5.92 Å². The molecule has 0 spiro atoms. The van der Waals surface area contributed by atoms with E-state index in [1.54, 1.807) is 0 Å². The van der Waals surface area contributed by atoms with Crippen LogP contribution in [0.2, 0.25) is 0 Å². The van der Waals surface area contributed by atoms with Crippen molar-refractivity contribution in [1.82, 2.24) is 19.8 Å². The minimum atomic E-state index is -0.234. The SMILES string of the molecule is Cc1ncc(CN2CC[C@@H](CN(C)C)[C@H](O)C2)cn1. The van der Waals surface area contributed by atoms with E-state index >= 15 is 0 Å². The lowest BCUT2D eigenvalue weighted by atomic mass is 9.93. The highest BCUT2D eigenvalue weighted by Crippen LogP contribution is 2.19. The fraction of sp³-hybridized carbons (Fsp3) is 0.714. The normalized spacial score (nSPS) is 24.9. The summed E-state index contributed by atoms with van der Waals surface area (Å²) in [7, 11) is 4.12. The Morgan fingerprint density at radius 3 is 2.63 bits per heavy atom. The molecule has 2 rings (SSSR count). The molecule has 2 heterocycles. The third-order valence-corrected chi connectivity index (χ3v) is 3.65. The molecule has 1 aliphatic rings. The van der Waals surface area contributed by atoms with Gasteiger partial charge in [-0.25, -0.2) is 9.97 Å². The Morgan fingerprint density at radius 1 is 1.37 bits per heavy atom. The first kappa shape index (κ1) is 14.4. The molecule has 5 heteroatoms. The number of nitrogens with zero attached hydrogens (tertiary/aromatic N) is 4. The van der Waals surface area contributed by atoms with E-state index in [0.29, 0.717) is 5.92 Å². The zero-order valence-electron chi connectivity index (χ0n) is 12.1. The summed E-state index contributed by atoms with van der Waals surface area (Å²) < 4.78 is 0. The van der Waals surface area contributed by atoms with Gasteiger partial charge in [-0.2, -0.15) is 0 Å². The average molecular weight is 264 g/mol. The molecule has 0 aromatic carbocycles. The highest BCUT2D eigenvalue weighted by Gasteiger charge is 2.27. The molecule has 5 nitrogen and oxygen atoms in total. The van der Waals surface area contributed by atoms with Crippen molar-refractivity contribution in [2.45, 2.75) is 26.0 Å². The van der Waals surface area contributed by atoms with Crippen molar-refractivity contribution >= 4 is 0 Å². The second-order valence-corrected chi connectivity index (χ2v) is 5.75. The monoisotopic (exact) mass is 264 g/mol. The Labute approximate surface area is 115 Å². The molecule has 1 N–H and O–H groups in total. The van der Waals surface area contributed by atoms with Crippen LogP contribution >= 0.6 is 0 Å². The highest BCUT2D eigenvalue weighted by atomic mass is 16.3. The predicted octanol–water partition coefficient (Wildman–Crippen LogP) is 0.529. The number of aliphatic hydroxyl groups excluding tert-OH is 1. The van der Waals surface area contributed by atoms with Crippen LogP contribution in [0.4, 0.5) is 0 Å². The van der Waals surface area contributed by atoms with E-state index < -0.39 is 0 Å². The lowest BCUT2D eigenvalue weighted by molar-refractivity contribution is 0.00908. The Hall–Kier alpha value is -1.04. The summed E-state index contributed by atoms with van der Waals surface area (Å²) in [6.45, 7) is 5.45. The van der Waals surface area contributed by atoms with Crippen LogP contribution in [-0.4, -0.2) is 64.7 Å². The quantitative estimate of drug-likeness (QED) is 0.860. The van der Waals surface area contributed by atoms with E-state index in [1.165, 1.54) is 0 Å². The first-order valence-electron chi connectivity index (χ1n) is 6.87.